The Balaban J connectivity index is 3.71. The van der Waals surface area contributed by atoms with Gasteiger partial charge in [0.15, 0.2) is 0 Å². The van der Waals surface area contributed by atoms with E-state index in [9.17, 15) is 4.91 Å². The molecular formula is C9H15NO2. The summed E-state index contributed by atoms with van der Waals surface area (Å²) in [7, 11) is 1.65. The Bertz CT molecular complexity index is 173. The molecule has 0 amide bonds. The molecule has 0 saturated carbocycles. The average Bonchev–Trinajstić information content (AvgIpc) is 2.10. The van der Waals surface area contributed by atoms with Crippen molar-refractivity contribution in [2.75, 3.05) is 13.7 Å². The minimum atomic E-state index is 0.239. The molecule has 0 aromatic heterocycles. The van der Waals surface area contributed by atoms with Gasteiger partial charge in [-0.3, -0.25) is 0 Å². The van der Waals surface area contributed by atoms with Gasteiger partial charge in [0, 0.05) is 6.42 Å². The van der Waals surface area contributed by atoms with E-state index in [1.807, 2.05) is 12.2 Å². The minimum absolute atomic E-state index is 0.239. The fourth-order valence-electron chi connectivity index (χ4n) is 0.795. The third-order valence-electron chi connectivity index (χ3n) is 1.36. The molecule has 0 aliphatic carbocycles. The Morgan fingerprint density at radius 1 is 1.50 bits per heavy atom. The van der Waals surface area contributed by atoms with E-state index in [0.29, 0.717) is 0 Å². The molecule has 0 aromatic carbocycles. The van der Waals surface area contributed by atoms with Gasteiger partial charge in [-0.2, -0.15) is 4.91 Å². The van der Waals surface area contributed by atoms with Gasteiger partial charge < -0.3 is 4.74 Å². The van der Waals surface area contributed by atoms with Crippen molar-refractivity contribution >= 4 is 0 Å². The third-order valence-corrected chi connectivity index (χ3v) is 1.36. The van der Waals surface area contributed by atoms with Crippen LogP contribution in [0.1, 0.15) is 19.8 Å². The summed E-state index contributed by atoms with van der Waals surface area (Å²) in [5.74, 6) is 0.930. The van der Waals surface area contributed by atoms with Crippen molar-refractivity contribution < 1.29 is 4.74 Å². The van der Waals surface area contributed by atoms with Gasteiger partial charge in [0.2, 0.25) is 0 Å². The lowest BCUT2D eigenvalue weighted by Gasteiger charge is -2.00. The van der Waals surface area contributed by atoms with Gasteiger partial charge in [0.25, 0.3) is 0 Å². The van der Waals surface area contributed by atoms with Crippen molar-refractivity contribution in [3.8, 4) is 0 Å². The average molecular weight is 169 g/mol. The van der Waals surface area contributed by atoms with Crippen LogP contribution in [0.15, 0.2) is 29.2 Å². The summed E-state index contributed by atoms with van der Waals surface area (Å²) in [6.07, 6.45) is 7.32. The summed E-state index contributed by atoms with van der Waals surface area (Å²) in [5, 5.41) is 2.71. The molecule has 0 atom stereocenters. The Morgan fingerprint density at radius 3 is 2.75 bits per heavy atom. The van der Waals surface area contributed by atoms with Gasteiger partial charge in [-0.1, -0.05) is 24.3 Å². The highest BCUT2D eigenvalue weighted by molar-refractivity contribution is 5.00. The number of hydrogen-bond acceptors (Lipinski definition) is 3. The maximum Gasteiger partial charge on any atom is 0.0992 e. The second kappa shape index (κ2) is 7.98. The van der Waals surface area contributed by atoms with Crippen LogP contribution >= 0.6 is 0 Å². The van der Waals surface area contributed by atoms with Crippen molar-refractivity contribution in [2.24, 2.45) is 5.18 Å². The maximum atomic E-state index is 9.70. The van der Waals surface area contributed by atoms with Crippen LogP contribution in [0, 0.1) is 4.91 Å². The fraction of sp³-hybridized carbons (Fsp3) is 0.556. The number of allylic oxidation sites excluding steroid dienone is 2. The van der Waals surface area contributed by atoms with Crippen molar-refractivity contribution in [3.63, 3.8) is 0 Å². The smallest absolute Gasteiger partial charge is 0.0992 e. The molecule has 0 bridgehead atoms. The molecule has 0 aromatic rings. The van der Waals surface area contributed by atoms with Crippen molar-refractivity contribution in [1.29, 1.82) is 0 Å². The second-order valence-electron chi connectivity index (χ2n) is 2.27. The van der Waals surface area contributed by atoms with Crippen LogP contribution in [-0.2, 0) is 4.74 Å². The lowest BCUT2D eigenvalue weighted by atomic mass is 10.3. The van der Waals surface area contributed by atoms with E-state index in [1.54, 1.807) is 13.2 Å². The molecule has 12 heavy (non-hydrogen) atoms. The number of hydrogen-bond donors (Lipinski definition) is 0. The molecule has 0 radical (unpaired) electrons. The number of rotatable bonds is 6. The zero-order valence-electron chi connectivity index (χ0n) is 7.62. The number of methoxy groups -OCH3 is 1. The first kappa shape index (κ1) is 10.9. The molecule has 0 saturated heterocycles. The van der Waals surface area contributed by atoms with Gasteiger partial charge in [-0.05, 0) is 12.5 Å². The van der Waals surface area contributed by atoms with Crippen LogP contribution in [0.25, 0.3) is 0 Å². The highest BCUT2D eigenvalue weighted by Crippen LogP contribution is 2.03. The van der Waals surface area contributed by atoms with E-state index in [-0.39, 0.29) is 6.54 Å². The van der Waals surface area contributed by atoms with Crippen LogP contribution in [-0.4, -0.2) is 13.7 Å². The lowest BCUT2D eigenvalue weighted by molar-refractivity contribution is 0.283. The fourth-order valence-corrected chi connectivity index (χ4v) is 0.795. The zero-order chi connectivity index (χ0) is 9.23. The summed E-state index contributed by atoms with van der Waals surface area (Å²) >= 11 is 0. The predicted molar refractivity (Wildman–Crippen MR) is 49.8 cm³/mol. The summed E-state index contributed by atoms with van der Waals surface area (Å²) in [6.45, 7) is 2.29. The number of nitrogens with zero attached hydrogens (tertiary/aromatic N) is 1. The minimum Gasteiger partial charge on any atom is -0.501 e. The molecule has 68 valence electrons. The van der Waals surface area contributed by atoms with Crippen molar-refractivity contribution in [2.45, 2.75) is 19.8 Å². The summed E-state index contributed by atoms with van der Waals surface area (Å²) in [6, 6.07) is 0. The van der Waals surface area contributed by atoms with E-state index in [2.05, 4.69) is 12.1 Å². The van der Waals surface area contributed by atoms with E-state index in [4.69, 9.17) is 4.74 Å². The summed E-state index contributed by atoms with van der Waals surface area (Å²) in [4.78, 5) is 9.70. The van der Waals surface area contributed by atoms with Gasteiger partial charge >= 0.3 is 0 Å². The molecule has 0 heterocycles. The number of nitroso groups, excluding NO2 is 1. The third kappa shape index (κ3) is 5.65. The van der Waals surface area contributed by atoms with Crippen molar-refractivity contribution in [3.05, 3.63) is 28.9 Å². The van der Waals surface area contributed by atoms with Crippen LogP contribution in [0.4, 0.5) is 0 Å². The second-order valence-corrected chi connectivity index (χ2v) is 2.27. The summed E-state index contributed by atoms with van der Waals surface area (Å²) < 4.78 is 5.07. The Kier molecular flexibility index (Phi) is 7.24. The van der Waals surface area contributed by atoms with E-state index < -0.39 is 0 Å². The molecule has 0 aliphatic rings. The first-order valence-electron chi connectivity index (χ1n) is 4.02. The first-order chi connectivity index (χ1) is 5.85. The quantitative estimate of drug-likeness (QED) is 0.348. The topological polar surface area (TPSA) is 38.7 Å². The molecule has 0 fully saturated rings. The van der Waals surface area contributed by atoms with Crippen molar-refractivity contribution in [1.82, 2.24) is 0 Å². The highest BCUT2D eigenvalue weighted by atomic mass is 16.5. The van der Waals surface area contributed by atoms with Gasteiger partial charge in [0.1, 0.15) is 0 Å². The molecule has 3 nitrogen and oxygen atoms in total. The van der Waals surface area contributed by atoms with Gasteiger partial charge in [0.05, 0.1) is 19.4 Å². The van der Waals surface area contributed by atoms with E-state index in [0.717, 1.165) is 18.6 Å². The Morgan fingerprint density at radius 2 is 2.25 bits per heavy atom. The molecule has 0 rings (SSSR count). The van der Waals surface area contributed by atoms with Crippen LogP contribution < -0.4 is 0 Å². The monoisotopic (exact) mass is 169 g/mol. The molecule has 0 N–H and O–H groups in total. The largest absolute Gasteiger partial charge is 0.501 e. The molecule has 0 unspecified atom stereocenters. The van der Waals surface area contributed by atoms with E-state index in [1.165, 1.54) is 0 Å². The lowest BCUT2D eigenvalue weighted by Crippen LogP contribution is -1.84. The van der Waals surface area contributed by atoms with Crippen LogP contribution in [0.3, 0.4) is 0 Å². The van der Waals surface area contributed by atoms with E-state index >= 15 is 0 Å². The Labute approximate surface area is 73.1 Å². The number of ether oxygens (including phenoxy) is 1. The summed E-state index contributed by atoms with van der Waals surface area (Å²) in [5.41, 5.74) is 0. The molecule has 0 spiro atoms. The first-order valence-corrected chi connectivity index (χ1v) is 4.02. The Hall–Kier alpha value is -1.12. The molecular weight excluding hydrogens is 154 g/mol. The zero-order valence-corrected chi connectivity index (χ0v) is 7.62. The molecule has 0 aliphatic heterocycles. The highest BCUT2D eigenvalue weighted by Gasteiger charge is 1.89. The maximum absolute atomic E-state index is 9.70. The van der Waals surface area contributed by atoms with Crippen LogP contribution in [0.5, 0.6) is 0 Å². The van der Waals surface area contributed by atoms with Gasteiger partial charge in [-0.25, -0.2) is 0 Å². The standard InChI is InChI=1S/C9H15NO2/c1-3-6-9(12-2)7-4-5-8-10-11/h4-6H,3,7-8H2,1-2H3/b5-4-,9-6?. The SMILES string of the molecule is CCC=C(C/C=C\CN=O)OC. The normalized spacial score (nSPS) is 12.0. The molecule has 3 heteroatoms. The predicted octanol–water partition coefficient (Wildman–Crippen LogP) is 2.64. The van der Waals surface area contributed by atoms with Crippen LogP contribution in [0.2, 0.25) is 0 Å². The van der Waals surface area contributed by atoms with Gasteiger partial charge in [-0.15, -0.1) is 0 Å².